The lowest BCUT2D eigenvalue weighted by molar-refractivity contribution is -0.116. The molecule has 1 aromatic heterocycles. The first-order valence-corrected chi connectivity index (χ1v) is 6.58. The molecule has 19 heavy (non-hydrogen) atoms. The Morgan fingerprint density at radius 2 is 2.16 bits per heavy atom. The van der Waals surface area contributed by atoms with Crippen LogP contribution in [0.2, 0.25) is 0 Å². The second kappa shape index (κ2) is 4.85. The number of rotatable bonds is 3. The average Bonchev–Trinajstić information content (AvgIpc) is 2.96. The lowest BCUT2D eigenvalue weighted by atomic mass is 10.2. The Balaban J connectivity index is 1.63. The maximum atomic E-state index is 11.9. The molecule has 1 aliphatic heterocycles. The Morgan fingerprint density at radius 1 is 1.37 bits per heavy atom. The third kappa shape index (κ3) is 2.37. The van der Waals surface area contributed by atoms with E-state index in [4.69, 9.17) is 0 Å². The molecule has 0 aliphatic carbocycles. The average molecular weight is 274 g/mol. The van der Waals surface area contributed by atoms with Crippen LogP contribution in [-0.4, -0.2) is 31.8 Å². The summed E-state index contributed by atoms with van der Waals surface area (Å²) < 4.78 is 1.24. The molecule has 1 atom stereocenters. The van der Waals surface area contributed by atoms with Crippen molar-refractivity contribution in [2.45, 2.75) is 16.8 Å². The maximum Gasteiger partial charge on any atom is 0.263 e. The zero-order valence-electron chi connectivity index (χ0n) is 9.81. The van der Waals surface area contributed by atoms with Gasteiger partial charge in [-0.2, -0.15) is 9.78 Å². The molecule has 0 bridgehead atoms. The van der Waals surface area contributed by atoms with Gasteiger partial charge in [0.2, 0.25) is 5.91 Å². The Labute approximate surface area is 113 Å². The van der Waals surface area contributed by atoms with Gasteiger partial charge in [-0.1, -0.05) is 30.0 Å². The standard InChI is InChI=1S/C12H10N4O2S/c17-10(15-8-4-2-1-3-5-8)6-9-11(18)16-12(19-9)13-7-14-16/h1-5,7,9H,6H2,(H,15,17)/t9-/m0/s1. The van der Waals surface area contributed by atoms with Crippen molar-refractivity contribution in [3.8, 4) is 0 Å². The summed E-state index contributed by atoms with van der Waals surface area (Å²) in [5, 5.41) is 6.68. The summed E-state index contributed by atoms with van der Waals surface area (Å²) in [5.74, 6) is -0.386. The van der Waals surface area contributed by atoms with Crippen LogP contribution < -0.4 is 5.32 Å². The summed E-state index contributed by atoms with van der Waals surface area (Å²) >= 11 is 1.27. The molecule has 2 aromatic rings. The minimum atomic E-state index is -0.445. The molecular formula is C12H10N4O2S. The Bertz CT molecular complexity index is 626. The van der Waals surface area contributed by atoms with E-state index in [9.17, 15) is 9.59 Å². The van der Waals surface area contributed by atoms with Gasteiger partial charge in [-0.25, -0.2) is 4.98 Å². The number of para-hydroxylation sites is 1. The van der Waals surface area contributed by atoms with Crippen molar-refractivity contribution in [3.63, 3.8) is 0 Å². The number of fused-ring (bicyclic) bond motifs is 1. The van der Waals surface area contributed by atoms with Gasteiger partial charge in [-0.15, -0.1) is 0 Å². The van der Waals surface area contributed by atoms with Gasteiger partial charge in [0.1, 0.15) is 11.6 Å². The molecule has 0 saturated heterocycles. The predicted octanol–water partition coefficient (Wildman–Crippen LogP) is 1.42. The predicted molar refractivity (Wildman–Crippen MR) is 70.0 cm³/mol. The summed E-state index contributed by atoms with van der Waals surface area (Å²) in [4.78, 5) is 27.7. The van der Waals surface area contributed by atoms with E-state index in [1.165, 1.54) is 22.8 Å². The molecule has 0 radical (unpaired) electrons. The first kappa shape index (κ1) is 11.9. The molecule has 1 amide bonds. The smallest absolute Gasteiger partial charge is 0.263 e. The fourth-order valence-electron chi connectivity index (χ4n) is 1.81. The van der Waals surface area contributed by atoms with Gasteiger partial charge < -0.3 is 5.32 Å². The maximum absolute atomic E-state index is 11.9. The number of carbonyl (C=O) groups excluding carboxylic acids is 2. The molecule has 6 nitrogen and oxygen atoms in total. The van der Waals surface area contributed by atoms with Gasteiger partial charge in [0.15, 0.2) is 5.16 Å². The van der Waals surface area contributed by atoms with Gasteiger partial charge in [0.05, 0.1) is 0 Å². The minimum absolute atomic E-state index is 0.115. The molecule has 7 heteroatoms. The first-order valence-electron chi connectivity index (χ1n) is 5.70. The molecule has 1 N–H and O–H groups in total. The van der Waals surface area contributed by atoms with Gasteiger partial charge in [0, 0.05) is 12.1 Å². The molecule has 96 valence electrons. The number of nitrogens with one attached hydrogen (secondary N) is 1. The highest BCUT2D eigenvalue weighted by Gasteiger charge is 2.34. The quantitative estimate of drug-likeness (QED) is 0.916. The molecule has 1 aromatic carbocycles. The number of anilines is 1. The number of carbonyl (C=O) groups is 2. The number of hydrogen-bond donors (Lipinski definition) is 1. The van der Waals surface area contributed by atoms with E-state index in [1.807, 2.05) is 18.2 Å². The topological polar surface area (TPSA) is 76.9 Å². The summed E-state index contributed by atoms with van der Waals surface area (Å²) in [6.45, 7) is 0. The van der Waals surface area contributed by atoms with Crippen LogP contribution in [0.25, 0.3) is 0 Å². The second-order valence-corrected chi connectivity index (χ2v) is 5.19. The molecule has 0 saturated carbocycles. The lowest BCUT2D eigenvalue weighted by Crippen LogP contribution is -2.24. The molecule has 0 fully saturated rings. The summed E-state index contributed by atoms with van der Waals surface area (Å²) in [6.07, 6.45) is 1.45. The number of amides is 1. The fraction of sp³-hybridized carbons (Fsp3) is 0.167. The first-order chi connectivity index (χ1) is 9.24. The van der Waals surface area contributed by atoms with E-state index in [0.29, 0.717) is 5.16 Å². The van der Waals surface area contributed by atoms with Crippen molar-refractivity contribution in [1.82, 2.24) is 14.8 Å². The van der Waals surface area contributed by atoms with Crippen molar-refractivity contribution in [3.05, 3.63) is 36.7 Å². The minimum Gasteiger partial charge on any atom is -0.326 e. The van der Waals surface area contributed by atoms with E-state index in [0.717, 1.165) is 5.69 Å². The molecule has 0 unspecified atom stereocenters. The largest absolute Gasteiger partial charge is 0.326 e. The van der Waals surface area contributed by atoms with Gasteiger partial charge >= 0.3 is 0 Å². The van der Waals surface area contributed by atoms with Crippen LogP contribution in [0, 0.1) is 0 Å². The zero-order chi connectivity index (χ0) is 13.2. The van der Waals surface area contributed by atoms with Gasteiger partial charge in [-0.3, -0.25) is 9.59 Å². The highest BCUT2D eigenvalue weighted by atomic mass is 32.2. The number of thioether (sulfide) groups is 1. The molecular weight excluding hydrogens is 264 g/mol. The van der Waals surface area contributed by atoms with Crippen LogP contribution in [0.15, 0.2) is 41.8 Å². The fourth-order valence-corrected chi connectivity index (χ4v) is 2.84. The van der Waals surface area contributed by atoms with E-state index in [-0.39, 0.29) is 18.2 Å². The van der Waals surface area contributed by atoms with E-state index >= 15 is 0 Å². The van der Waals surface area contributed by atoms with Crippen LogP contribution in [0.3, 0.4) is 0 Å². The summed E-state index contributed by atoms with van der Waals surface area (Å²) in [5.41, 5.74) is 0.721. The SMILES string of the molecule is O=C(C[C@@H]1Sc2ncnn2C1=O)Nc1ccccc1. The molecule has 2 heterocycles. The van der Waals surface area contributed by atoms with Crippen LogP contribution in [0.5, 0.6) is 0 Å². The molecule has 1 aliphatic rings. The Hall–Kier alpha value is -2.15. The van der Waals surface area contributed by atoms with Crippen LogP contribution in [-0.2, 0) is 4.79 Å². The van der Waals surface area contributed by atoms with Gasteiger partial charge in [0.25, 0.3) is 5.91 Å². The van der Waals surface area contributed by atoms with Crippen LogP contribution >= 0.6 is 11.8 Å². The normalized spacial score (nSPS) is 17.3. The highest BCUT2D eigenvalue weighted by Crippen LogP contribution is 2.31. The number of nitrogens with zero attached hydrogens (tertiary/aromatic N) is 3. The van der Waals surface area contributed by atoms with Crippen molar-refractivity contribution >= 4 is 29.3 Å². The van der Waals surface area contributed by atoms with Crippen molar-refractivity contribution in [2.75, 3.05) is 5.32 Å². The highest BCUT2D eigenvalue weighted by molar-refractivity contribution is 8.00. The molecule has 0 spiro atoms. The molecule has 3 rings (SSSR count). The number of benzene rings is 1. The Morgan fingerprint density at radius 3 is 2.89 bits per heavy atom. The van der Waals surface area contributed by atoms with Crippen LogP contribution in [0.4, 0.5) is 5.69 Å². The third-order valence-corrected chi connectivity index (χ3v) is 3.82. The lowest BCUT2D eigenvalue weighted by Gasteiger charge is -2.07. The summed E-state index contributed by atoms with van der Waals surface area (Å²) in [6, 6.07) is 9.15. The number of hydrogen-bond acceptors (Lipinski definition) is 5. The van der Waals surface area contributed by atoms with Crippen molar-refractivity contribution in [2.24, 2.45) is 0 Å². The Kier molecular flexibility index (Phi) is 3.04. The monoisotopic (exact) mass is 274 g/mol. The van der Waals surface area contributed by atoms with E-state index in [2.05, 4.69) is 15.4 Å². The zero-order valence-corrected chi connectivity index (χ0v) is 10.6. The second-order valence-electron chi connectivity index (χ2n) is 4.02. The summed E-state index contributed by atoms with van der Waals surface area (Å²) in [7, 11) is 0. The van der Waals surface area contributed by atoms with Crippen molar-refractivity contribution < 1.29 is 9.59 Å². The van der Waals surface area contributed by atoms with Gasteiger partial charge in [-0.05, 0) is 12.1 Å². The van der Waals surface area contributed by atoms with E-state index < -0.39 is 5.25 Å². The van der Waals surface area contributed by atoms with E-state index in [1.54, 1.807) is 12.1 Å². The van der Waals surface area contributed by atoms with Crippen LogP contribution in [0.1, 0.15) is 11.2 Å². The number of aromatic nitrogens is 3. The van der Waals surface area contributed by atoms with Crippen molar-refractivity contribution in [1.29, 1.82) is 0 Å². The third-order valence-electron chi connectivity index (χ3n) is 2.68.